The fourth-order valence-corrected chi connectivity index (χ4v) is 2.30. The molecular weight excluding hydrogens is 302 g/mol. The van der Waals surface area contributed by atoms with Crippen LogP contribution in [-0.4, -0.2) is 51.3 Å². The molecule has 122 valence electrons. The molecule has 9 nitrogen and oxygen atoms in total. The lowest BCUT2D eigenvalue weighted by Crippen LogP contribution is -2.37. The van der Waals surface area contributed by atoms with Gasteiger partial charge >= 0.3 is 6.09 Å². The monoisotopic (exact) mass is 319 g/mol. The summed E-state index contributed by atoms with van der Waals surface area (Å²) in [5, 5.41) is 6.56. The Hall–Kier alpha value is -2.84. The van der Waals surface area contributed by atoms with Crippen molar-refractivity contribution in [3.63, 3.8) is 0 Å². The number of nitrogens with zero attached hydrogens (tertiary/aromatic N) is 4. The molecule has 23 heavy (non-hydrogen) atoms. The number of cyclic esters (lactones) is 1. The minimum atomic E-state index is -0.472. The molecule has 3 rings (SSSR count). The van der Waals surface area contributed by atoms with E-state index in [0.29, 0.717) is 24.9 Å². The molecule has 0 aromatic carbocycles. The van der Waals surface area contributed by atoms with E-state index in [1.807, 2.05) is 29.8 Å². The number of hydrogen-bond acceptors (Lipinski definition) is 6. The quantitative estimate of drug-likeness (QED) is 0.837. The highest BCUT2D eigenvalue weighted by atomic mass is 16.6. The molecule has 3 heterocycles. The van der Waals surface area contributed by atoms with Gasteiger partial charge in [0.15, 0.2) is 0 Å². The molecule has 0 unspecified atom stereocenters. The van der Waals surface area contributed by atoms with E-state index >= 15 is 0 Å². The van der Waals surface area contributed by atoms with Gasteiger partial charge in [-0.05, 0) is 19.1 Å². The van der Waals surface area contributed by atoms with Crippen molar-refractivity contribution in [1.82, 2.24) is 24.9 Å². The van der Waals surface area contributed by atoms with Gasteiger partial charge in [0, 0.05) is 12.7 Å². The lowest BCUT2D eigenvalue weighted by molar-refractivity contribution is -0.121. The number of rotatable bonds is 6. The topological polar surface area (TPSA) is 102 Å². The van der Waals surface area contributed by atoms with Crippen LogP contribution < -0.4 is 5.32 Å². The van der Waals surface area contributed by atoms with Crippen LogP contribution in [0.5, 0.6) is 0 Å². The highest BCUT2D eigenvalue weighted by molar-refractivity contribution is 5.82. The van der Waals surface area contributed by atoms with Crippen LogP contribution in [0.3, 0.4) is 0 Å². The molecule has 0 saturated carbocycles. The molecule has 1 N–H and O–H groups in total. The second kappa shape index (κ2) is 6.51. The molecule has 0 radical (unpaired) electrons. The average Bonchev–Trinajstić information content (AvgIpc) is 3.26. The fourth-order valence-electron chi connectivity index (χ4n) is 2.30. The summed E-state index contributed by atoms with van der Waals surface area (Å²) in [5.41, 5.74) is 0.855. The number of carbonyl (C=O) groups excluding carboxylic acids is 2. The second-order valence-electron chi connectivity index (χ2n) is 5.00. The molecule has 1 aliphatic rings. The van der Waals surface area contributed by atoms with Gasteiger partial charge in [-0.25, -0.2) is 4.79 Å². The van der Waals surface area contributed by atoms with Crippen LogP contribution in [0.2, 0.25) is 0 Å². The number of amides is 2. The maximum absolute atomic E-state index is 11.8. The first-order chi connectivity index (χ1) is 11.2. The smallest absolute Gasteiger partial charge is 0.410 e. The van der Waals surface area contributed by atoms with Gasteiger partial charge in [-0.2, -0.15) is 4.98 Å². The molecular formula is C14H17N5O4. The van der Waals surface area contributed by atoms with Crippen molar-refractivity contribution in [2.45, 2.75) is 20.0 Å². The van der Waals surface area contributed by atoms with Crippen LogP contribution in [0.15, 0.2) is 22.9 Å². The highest BCUT2D eigenvalue weighted by Crippen LogP contribution is 2.16. The highest BCUT2D eigenvalue weighted by Gasteiger charge is 2.24. The van der Waals surface area contributed by atoms with Crippen LogP contribution >= 0.6 is 0 Å². The summed E-state index contributed by atoms with van der Waals surface area (Å²) >= 11 is 0. The third-order valence-corrected chi connectivity index (χ3v) is 3.48. The predicted molar refractivity (Wildman–Crippen MR) is 78.2 cm³/mol. The molecule has 2 amide bonds. The first-order valence-corrected chi connectivity index (χ1v) is 7.34. The Labute approximate surface area is 132 Å². The number of aryl methyl sites for hydroxylation is 1. The molecule has 0 aliphatic carbocycles. The van der Waals surface area contributed by atoms with Gasteiger partial charge in [0.2, 0.25) is 17.6 Å². The Balaban J connectivity index is 1.55. The largest absolute Gasteiger partial charge is 0.448 e. The van der Waals surface area contributed by atoms with Crippen LogP contribution in [0.25, 0.3) is 11.5 Å². The number of aromatic nitrogens is 3. The van der Waals surface area contributed by atoms with E-state index in [0.717, 1.165) is 12.2 Å². The lowest BCUT2D eigenvalue weighted by Gasteiger charge is -2.11. The van der Waals surface area contributed by atoms with Crippen molar-refractivity contribution in [3.05, 3.63) is 24.2 Å². The maximum Gasteiger partial charge on any atom is 0.410 e. The number of carbonyl (C=O) groups is 2. The van der Waals surface area contributed by atoms with E-state index in [1.165, 1.54) is 4.90 Å². The van der Waals surface area contributed by atoms with Crippen molar-refractivity contribution in [3.8, 4) is 11.5 Å². The molecule has 1 fully saturated rings. The zero-order valence-corrected chi connectivity index (χ0v) is 12.7. The van der Waals surface area contributed by atoms with Crippen molar-refractivity contribution in [2.75, 3.05) is 19.7 Å². The maximum atomic E-state index is 11.8. The van der Waals surface area contributed by atoms with E-state index in [-0.39, 0.29) is 19.0 Å². The Morgan fingerprint density at radius 2 is 2.35 bits per heavy atom. The predicted octanol–water partition coefficient (Wildman–Crippen LogP) is 0.626. The Morgan fingerprint density at radius 1 is 1.48 bits per heavy atom. The summed E-state index contributed by atoms with van der Waals surface area (Å²) in [5.74, 6) is 0.478. The molecule has 0 atom stereocenters. The zero-order valence-electron chi connectivity index (χ0n) is 12.7. The van der Waals surface area contributed by atoms with Crippen LogP contribution in [-0.2, 0) is 22.6 Å². The van der Waals surface area contributed by atoms with E-state index in [1.54, 1.807) is 0 Å². The molecule has 2 aromatic rings. The van der Waals surface area contributed by atoms with E-state index in [2.05, 4.69) is 15.5 Å². The van der Waals surface area contributed by atoms with Crippen molar-refractivity contribution in [1.29, 1.82) is 0 Å². The third kappa shape index (κ3) is 3.33. The second-order valence-corrected chi connectivity index (χ2v) is 5.00. The standard InChI is InChI=1S/C14H17N5O4/c1-2-18-5-3-4-10(18)13-16-12(23-17-13)8-15-11(20)9-19-6-7-22-14(19)21/h3-5H,2,6-9H2,1H3,(H,15,20). The minimum Gasteiger partial charge on any atom is -0.448 e. The fraction of sp³-hybridized carbons (Fsp3) is 0.429. The SMILES string of the molecule is CCn1cccc1-c1noc(CNC(=O)CN2CCOC2=O)n1. The molecule has 0 bridgehead atoms. The van der Waals surface area contributed by atoms with Crippen molar-refractivity contribution >= 4 is 12.0 Å². The number of nitrogens with one attached hydrogen (secondary N) is 1. The summed E-state index contributed by atoms with van der Waals surface area (Å²) in [6.07, 6.45) is 1.46. The Bertz CT molecular complexity index is 708. The summed E-state index contributed by atoms with van der Waals surface area (Å²) in [6.45, 7) is 3.63. The van der Waals surface area contributed by atoms with E-state index < -0.39 is 6.09 Å². The Morgan fingerprint density at radius 3 is 3.09 bits per heavy atom. The first kappa shape index (κ1) is 15.1. The van der Waals surface area contributed by atoms with Gasteiger partial charge < -0.3 is 19.1 Å². The van der Waals surface area contributed by atoms with Crippen molar-refractivity contribution < 1.29 is 18.8 Å². The van der Waals surface area contributed by atoms with E-state index in [4.69, 9.17) is 9.26 Å². The van der Waals surface area contributed by atoms with Gasteiger partial charge in [0.05, 0.1) is 18.8 Å². The van der Waals surface area contributed by atoms with Gasteiger partial charge in [0.25, 0.3) is 0 Å². The summed E-state index contributed by atoms with van der Waals surface area (Å²) in [6, 6.07) is 3.81. The molecule has 0 spiro atoms. The number of ether oxygens (including phenoxy) is 1. The lowest BCUT2D eigenvalue weighted by atomic mass is 10.4. The summed E-state index contributed by atoms with van der Waals surface area (Å²) in [4.78, 5) is 28.7. The molecule has 9 heteroatoms. The number of hydrogen-bond donors (Lipinski definition) is 1. The minimum absolute atomic E-state index is 0.0431. The van der Waals surface area contributed by atoms with Gasteiger partial charge in [0.1, 0.15) is 13.2 Å². The first-order valence-electron chi connectivity index (χ1n) is 7.34. The Kier molecular flexibility index (Phi) is 4.26. The van der Waals surface area contributed by atoms with Crippen LogP contribution in [0.1, 0.15) is 12.8 Å². The summed E-state index contributed by atoms with van der Waals surface area (Å²) in [7, 11) is 0. The van der Waals surface area contributed by atoms with Crippen LogP contribution in [0.4, 0.5) is 4.79 Å². The molecule has 2 aromatic heterocycles. The summed E-state index contributed by atoms with van der Waals surface area (Å²) < 4.78 is 11.9. The van der Waals surface area contributed by atoms with Crippen LogP contribution in [0, 0.1) is 0 Å². The third-order valence-electron chi connectivity index (χ3n) is 3.48. The zero-order chi connectivity index (χ0) is 16.2. The molecule has 1 aliphatic heterocycles. The molecule has 1 saturated heterocycles. The normalized spacial score (nSPS) is 14.1. The van der Waals surface area contributed by atoms with Gasteiger partial charge in [-0.3, -0.25) is 9.69 Å². The van der Waals surface area contributed by atoms with E-state index in [9.17, 15) is 9.59 Å². The van der Waals surface area contributed by atoms with Gasteiger partial charge in [-0.15, -0.1) is 0 Å². The van der Waals surface area contributed by atoms with Gasteiger partial charge in [-0.1, -0.05) is 5.16 Å². The average molecular weight is 319 g/mol. The van der Waals surface area contributed by atoms with Crippen molar-refractivity contribution in [2.24, 2.45) is 0 Å².